The van der Waals surface area contributed by atoms with Crippen LogP contribution < -0.4 is 11.1 Å². The number of rotatable bonds is 6. The summed E-state index contributed by atoms with van der Waals surface area (Å²) in [6.45, 7) is 0.241. The van der Waals surface area contributed by atoms with Gasteiger partial charge in [-0.25, -0.2) is 0 Å². The van der Waals surface area contributed by atoms with Crippen LogP contribution in [0.4, 0.5) is 0 Å². The number of Topliss-reactive ketones (excluding diaryl/α,β-unsaturated/α-hetero) is 1. The third kappa shape index (κ3) is 5.09. The van der Waals surface area contributed by atoms with Crippen LogP contribution in [0.5, 0.6) is 0 Å². The molecule has 2 rings (SSSR count). The summed E-state index contributed by atoms with van der Waals surface area (Å²) < 4.78 is 5.14. The largest absolute Gasteiger partial charge is 0.373 e. The summed E-state index contributed by atoms with van der Waals surface area (Å²) in [5, 5.41) is 2.73. The molecule has 2 aliphatic rings. The fraction of sp³-hybridized carbons (Fsp3) is 0.750. The zero-order valence-electron chi connectivity index (χ0n) is 12.9. The van der Waals surface area contributed by atoms with Crippen molar-refractivity contribution in [3.63, 3.8) is 0 Å². The van der Waals surface area contributed by atoms with Gasteiger partial charge in [0.25, 0.3) is 0 Å². The van der Waals surface area contributed by atoms with Crippen LogP contribution in [0.25, 0.3) is 0 Å². The molecule has 1 aliphatic carbocycles. The van der Waals surface area contributed by atoms with Gasteiger partial charge in [-0.1, -0.05) is 32.1 Å². The zero-order chi connectivity index (χ0) is 15.9. The molecule has 2 atom stereocenters. The fourth-order valence-corrected chi connectivity index (χ4v) is 3.30. The molecule has 1 heterocycles. The van der Waals surface area contributed by atoms with E-state index in [1.165, 1.54) is 32.1 Å². The molecule has 6 nitrogen and oxygen atoms in total. The van der Waals surface area contributed by atoms with Crippen molar-refractivity contribution in [1.29, 1.82) is 0 Å². The Morgan fingerprint density at radius 3 is 2.68 bits per heavy atom. The maximum atomic E-state index is 12.1. The molecule has 1 saturated carbocycles. The molecule has 2 fully saturated rings. The maximum absolute atomic E-state index is 12.1. The highest BCUT2D eigenvalue weighted by Gasteiger charge is 2.34. The Labute approximate surface area is 131 Å². The lowest BCUT2D eigenvalue weighted by Crippen LogP contribution is -2.52. The van der Waals surface area contributed by atoms with Gasteiger partial charge in [-0.05, 0) is 12.3 Å². The first-order valence-electron chi connectivity index (χ1n) is 8.08. The molecule has 3 N–H and O–H groups in total. The van der Waals surface area contributed by atoms with Crippen molar-refractivity contribution in [2.24, 2.45) is 17.6 Å². The molecule has 2 amide bonds. The number of primary amides is 1. The number of hydrogen-bond acceptors (Lipinski definition) is 4. The van der Waals surface area contributed by atoms with Crippen molar-refractivity contribution < 1.29 is 19.1 Å². The van der Waals surface area contributed by atoms with Crippen molar-refractivity contribution in [2.75, 3.05) is 13.2 Å². The van der Waals surface area contributed by atoms with Gasteiger partial charge in [-0.3, -0.25) is 14.4 Å². The van der Waals surface area contributed by atoms with E-state index in [0.29, 0.717) is 5.92 Å². The van der Waals surface area contributed by atoms with Gasteiger partial charge in [0.05, 0.1) is 12.6 Å². The molecule has 1 aliphatic heterocycles. The first-order chi connectivity index (χ1) is 10.6. The van der Waals surface area contributed by atoms with E-state index in [1.807, 2.05) is 0 Å². The highest BCUT2D eigenvalue weighted by molar-refractivity contribution is 5.93. The molecule has 0 aromatic rings. The predicted octanol–water partition coefficient (Wildman–Crippen LogP) is 0.737. The van der Waals surface area contributed by atoms with Gasteiger partial charge in [-0.2, -0.15) is 0 Å². The Kier molecular flexibility index (Phi) is 6.36. The molecular weight excluding hydrogens is 284 g/mol. The molecule has 0 aromatic heterocycles. The molecule has 2 unspecified atom stereocenters. The normalized spacial score (nSPS) is 26.6. The van der Waals surface area contributed by atoms with Gasteiger partial charge in [0, 0.05) is 18.8 Å². The second-order valence-electron chi connectivity index (χ2n) is 6.34. The SMILES string of the molecule is NC(=O)CC1COCC(=O)C1NC(=O)[CH]CC1CCCCC1. The molecule has 0 bridgehead atoms. The van der Waals surface area contributed by atoms with Gasteiger partial charge >= 0.3 is 0 Å². The first kappa shape index (κ1) is 16.9. The Hall–Kier alpha value is -1.43. The van der Waals surface area contributed by atoms with Crippen LogP contribution in [-0.4, -0.2) is 36.9 Å². The quantitative estimate of drug-likeness (QED) is 0.756. The summed E-state index contributed by atoms with van der Waals surface area (Å²) >= 11 is 0. The van der Waals surface area contributed by atoms with Crippen LogP contribution in [-0.2, 0) is 19.1 Å². The number of amides is 2. The summed E-state index contributed by atoms with van der Waals surface area (Å²) in [6, 6.07) is -0.670. The van der Waals surface area contributed by atoms with E-state index in [2.05, 4.69) is 5.32 Å². The average molecular weight is 309 g/mol. The van der Waals surface area contributed by atoms with E-state index in [-0.39, 0.29) is 37.2 Å². The van der Waals surface area contributed by atoms with Crippen LogP contribution in [0.3, 0.4) is 0 Å². The van der Waals surface area contributed by atoms with Crippen LogP contribution in [0.2, 0.25) is 0 Å². The van der Waals surface area contributed by atoms with Gasteiger partial charge < -0.3 is 15.8 Å². The minimum absolute atomic E-state index is 0.0250. The van der Waals surface area contributed by atoms with Crippen LogP contribution in [0, 0.1) is 18.3 Å². The van der Waals surface area contributed by atoms with Crippen molar-refractivity contribution in [3.8, 4) is 0 Å². The number of carbonyl (C=O) groups is 3. The maximum Gasteiger partial charge on any atom is 0.224 e. The highest BCUT2D eigenvalue weighted by atomic mass is 16.5. The molecule has 22 heavy (non-hydrogen) atoms. The Bertz CT molecular complexity index is 418. The van der Waals surface area contributed by atoms with Crippen LogP contribution in [0.1, 0.15) is 44.9 Å². The summed E-state index contributed by atoms with van der Waals surface area (Å²) in [5.74, 6) is -0.719. The Balaban J connectivity index is 1.81. The molecule has 1 radical (unpaired) electrons. The van der Waals surface area contributed by atoms with Gasteiger partial charge in [0.1, 0.15) is 6.61 Å². The number of hydrogen-bond donors (Lipinski definition) is 2. The summed E-state index contributed by atoms with van der Waals surface area (Å²) in [7, 11) is 0. The van der Waals surface area contributed by atoms with Crippen molar-refractivity contribution >= 4 is 17.6 Å². The third-order valence-corrected chi connectivity index (χ3v) is 4.52. The molecule has 0 spiro atoms. The van der Waals surface area contributed by atoms with Gasteiger partial charge in [-0.15, -0.1) is 0 Å². The number of ether oxygens (including phenoxy) is 1. The summed E-state index contributed by atoms with van der Waals surface area (Å²) in [5.41, 5.74) is 5.19. The predicted molar refractivity (Wildman–Crippen MR) is 80.6 cm³/mol. The number of carbonyl (C=O) groups excluding carboxylic acids is 3. The second kappa shape index (κ2) is 8.27. The summed E-state index contributed by atoms with van der Waals surface area (Å²) in [4.78, 5) is 35.0. The zero-order valence-corrected chi connectivity index (χ0v) is 12.9. The monoisotopic (exact) mass is 309 g/mol. The van der Waals surface area contributed by atoms with Crippen molar-refractivity contribution in [3.05, 3.63) is 6.42 Å². The minimum Gasteiger partial charge on any atom is -0.373 e. The van der Waals surface area contributed by atoms with Gasteiger partial charge in [0.2, 0.25) is 11.8 Å². The standard InChI is InChI=1S/C16H25N2O4/c17-14(20)8-12-9-22-10-13(19)16(12)18-15(21)7-6-11-4-2-1-3-5-11/h7,11-12,16H,1-6,8-10H2,(H2,17,20)(H,18,21). The smallest absolute Gasteiger partial charge is 0.224 e. The Morgan fingerprint density at radius 2 is 2.00 bits per heavy atom. The van der Waals surface area contributed by atoms with E-state index in [4.69, 9.17) is 10.5 Å². The van der Waals surface area contributed by atoms with E-state index < -0.39 is 11.9 Å². The molecule has 0 aromatic carbocycles. The lowest BCUT2D eigenvalue weighted by molar-refractivity contribution is -0.138. The van der Waals surface area contributed by atoms with Gasteiger partial charge in [0.15, 0.2) is 5.78 Å². The van der Waals surface area contributed by atoms with E-state index in [0.717, 1.165) is 6.42 Å². The summed E-state index contributed by atoms with van der Waals surface area (Å²) in [6.07, 6.45) is 8.53. The first-order valence-corrected chi connectivity index (χ1v) is 8.08. The van der Waals surface area contributed by atoms with E-state index >= 15 is 0 Å². The average Bonchev–Trinajstić information content (AvgIpc) is 2.49. The third-order valence-electron chi connectivity index (χ3n) is 4.52. The Morgan fingerprint density at radius 1 is 1.27 bits per heavy atom. The molecule has 1 saturated heterocycles. The molecular formula is C16H25N2O4. The molecule has 123 valence electrons. The lowest BCUT2D eigenvalue weighted by atomic mass is 9.86. The minimum atomic E-state index is -0.670. The highest BCUT2D eigenvalue weighted by Crippen LogP contribution is 2.27. The number of ketones is 1. The lowest BCUT2D eigenvalue weighted by Gasteiger charge is -2.30. The van der Waals surface area contributed by atoms with E-state index in [1.54, 1.807) is 6.42 Å². The topological polar surface area (TPSA) is 98.5 Å². The molecule has 6 heteroatoms. The van der Waals surface area contributed by atoms with Crippen LogP contribution >= 0.6 is 0 Å². The van der Waals surface area contributed by atoms with Crippen LogP contribution in [0.15, 0.2) is 0 Å². The fourth-order valence-electron chi connectivity index (χ4n) is 3.30. The van der Waals surface area contributed by atoms with Crippen molar-refractivity contribution in [1.82, 2.24) is 5.32 Å². The van der Waals surface area contributed by atoms with E-state index in [9.17, 15) is 14.4 Å². The number of nitrogens with two attached hydrogens (primary N) is 1. The van der Waals surface area contributed by atoms with Crippen molar-refractivity contribution in [2.45, 2.75) is 51.0 Å². The number of nitrogens with one attached hydrogen (secondary N) is 1. The second-order valence-corrected chi connectivity index (χ2v) is 6.34.